The Balaban J connectivity index is 2.09. The molecule has 0 aromatic carbocycles. The molecule has 0 aromatic rings. The van der Waals surface area contributed by atoms with Crippen LogP contribution in [0, 0.1) is 0 Å². The van der Waals surface area contributed by atoms with E-state index in [1.165, 1.54) is 0 Å². The molecule has 2 fully saturated rings. The minimum atomic E-state index is -0.499. The number of aliphatic hydroxyl groups excluding tert-OH is 1. The van der Waals surface area contributed by atoms with Gasteiger partial charge in [0, 0.05) is 19.5 Å². The molecule has 110 valence electrons. The summed E-state index contributed by atoms with van der Waals surface area (Å²) in [6.45, 7) is 8.24. The van der Waals surface area contributed by atoms with Gasteiger partial charge in [-0.2, -0.15) is 0 Å². The van der Waals surface area contributed by atoms with Gasteiger partial charge in [0.25, 0.3) is 0 Å². The second-order valence-electron chi connectivity index (χ2n) is 5.42. The second kappa shape index (κ2) is 6.22. The SMILES string of the molecule is C=CCC(=O)N1CCC[C@H]1C(=O)N1C[C@H](O)C[C@H]1C=C. The Morgan fingerprint density at radius 3 is 2.70 bits per heavy atom. The zero-order chi connectivity index (χ0) is 14.7. The summed E-state index contributed by atoms with van der Waals surface area (Å²) in [5, 5.41) is 9.72. The fourth-order valence-electron chi connectivity index (χ4n) is 3.07. The van der Waals surface area contributed by atoms with E-state index in [2.05, 4.69) is 13.2 Å². The molecule has 2 aliphatic rings. The van der Waals surface area contributed by atoms with Crippen molar-refractivity contribution in [3.63, 3.8) is 0 Å². The third-order valence-electron chi connectivity index (χ3n) is 4.05. The Kier molecular flexibility index (Phi) is 4.60. The maximum absolute atomic E-state index is 12.6. The molecule has 0 radical (unpaired) electrons. The first-order chi connectivity index (χ1) is 9.58. The summed E-state index contributed by atoms with van der Waals surface area (Å²) in [4.78, 5) is 27.9. The summed E-state index contributed by atoms with van der Waals surface area (Å²) >= 11 is 0. The van der Waals surface area contributed by atoms with Crippen LogP contribution in [0.4, 0.5) is 0 Å². The van der Waals surface area contributed by atoms with E-state index in [1.54, 1.807) is 22.0 Å². The highest BCUT2D eigenvalue weighted by Crippen LogP contribution is 2.25. The van der Waals surface area contributed by atoms with Crippen molar-refractivity contribution in [3.8, 4) is 0 Å². The number of hydrogen-bond acceptors (Lipinski definition) is 3. The van der Waals surface area contributed by atoms with Crippen LogP contribution in [0.25, 0.3) is 0 Å². The quantitative estimate of drug-likeness (QED) is 0.770. The molecule has 2 heterocycles. The summed E-state index contributed by atoms with van der Waals surface area (Å²) in [7, 11) is 0. The van der Waals surface area contributed by atoms with Crippen molar-refractivity contribution in [2.45, 2.75) is 43.9 Å². The molecule has 0 spiro atoms. The summed E-state index contributed by atoms with van der Waals surface area (Å²) in [5.41, 5.74) is 0. The first-order valence-corrected chi connectivity index (χ1v) is 7.10. The molecule has 1 N–H and O–H groups in total. The van der Waals surface area contributed by atoms with E-state index in [-0.39, 0.29) is 24.3 Å². The average Bonchev–Trinajstić information content (AvgIpc) is 3.04. The van der Waals surface area contributed by atoms with Crippen molar-refractivity contribution in [1.29, 1.82) is 0 Å². The van der Waals surface area contributed by atoms with E-state index < -0.39 is 12.1 Å². The molecular formula is C15H22N2O3. The molecule has 20 heavy (non-hydrogen) atoms. The predicted octanol–water partition coefficient (Wildman–Crippen LogP) is 0.701. The van der Waals surface area contributed by atoms with Gasteiger partial charge in [0.2, 0.25) is 11.8 Å². The molecule has 0 bridgehead atoms. The molecule has 3 atom stereocenters. The van der Waals surface area contributed by atoms with Gasteiger partial charge in [-0.05, 0) is 19.3 Å². The lowest BCUT2D eigenvalue weighted by Gasteiger charge is -2.30. The van der Waals surface area contributed by atoms with Gasteiger partial charge in [0.15, 0.2) is 0 Å². The zero-order valence-corrected chi connectivity index (χ0v) is 11.7. The van der Waals surface area contributed by atoms with E-state index in [9.17, 15) is 14.7 Å². The molecule has 5 heteroatoms. The topological polar surface area (TPSA) is 60.9 Å². The third kappa shape index (κ3) is 2.77. The van der Waals surface area contributed by atoms with Crippen LogP contribution < -0.4 is 0 Å². The minimum absolute atomic E-state index is 0.0502. The van der Waals surface area contributed by atoms with E-state index >= 15 is 0 Å². The number of β-amino-alcohol motifs (C(OH)–C–C–N with tert-alkyl or cyclic N) is 1. The summed E-state index contributed by atoms with van der Waals surface area (Å²) < 4.78 is 0. The summed E-state index contributed by atoms with van der Waals surface area (Å²) in [6, 6.07) is -0.523. The van der Waals surface area contributed by atoms with Gasteiger partial charge in [0.1, 0.15) is 6.04 Å². The molecule has 0 aliphatic carbocycles. The third-order valence-corrected chi connectivity index (χ3v) is 4.05. The molecule has 2 amide bonds. The monoisotopic (exact) mass is 278 g/mol. The largest absolute Gasteiger partial charge is 0.391 e. The van der Waals surface area contributed by atoms with E-state index in [1.807, 2.05) is 0 Å². The number of carbonyl (C=O) groups is 2. The van der Waals surface area contributed by atoms with E-state index in [4.69, 9.17) is 0 Å². The first kappa shape index (κ1) is 14.8. The molecule has 2 saturated heterocycles. The predicted molar refractivity (Wildman–Crippen MR) is 75.9 cm³/mol. The fraction of sp³-hybridized carbons (Fsp3) is 0.600. The van der Waals surface area contributed by atoms with Crippen LogP contribution in [-0.4, -0.2) is 58.0 Å². The van der Waals surface area contributed by atoms with Crippen molar-refractivity contribution >= 4 is 11.8 Å². The Morgan fingerprint density at radius 1 is 1.30 bits per heavy atom. The van der Waals surface area contributed by atoms with Crippen LogP contribution in [0.5, 0.6) is 0 Å². The number of likely N-dealkylation sites (tertiary alicyclic amines) is 2. The number of aliphatic hydroxyl groups is 1. The molecular weight excluding hydrogens is 256 g/mol. The lowest BCUT2D eigenvalue weighted by atomic mass is 10.1. The van der Waals surface area contributed by atoms with Gasteiger partial charge in [-0.3, -0.25) is 9.59 Å². The van der Waals surface area contributed by atoms with Crippen molar-refractivity contribution in [1.82, 2.24) is 9.80 Å². The average molecular weight is 278 g/mol. The molecule has 2 aliphatic heterocycles. The van der Waals surface area contributed by atoms with Crippen LogP contribution in [0.15, 0.2) is 25.3 Å². The Hall–Kier alpha value is -1.62. The van der Waals surface area contributed by atoms with Crippen molar-refractivity contribution in [2.24, 2.45) is 0 Å². The summed E-state index contributed by atoms with van der Waals surface area (Å²) in [6.07, 6.45) is 5.08. The maximum atomic E-state index is 12.6. The highest BCUT2D eigenvalue weighted by Gasteiger charge is 2.40. The highest BCUT2D eigenvalue weighted by molar-refractivity contribution is 5.89. The first-order valence-electron chi connectivity index (χ1n) is 7.10. The Labute approximate surface area is 119 Å². The van der Waals surface area contributed by atoms with Gasteiger partial charge in [-0.15, -0.1) is 13.2 Å². The normalized spacial score (nSPS) is 29.6. The number of nitrogens with zero attached hydrogens (tertiary/aromatic N) is 2. The number of hydrogen-bond donors (Lipinski definition) is 1. The number of rotatable bonds is 4. The van der Waals surface area contributed by atoms with Crippen LogP contribution in [0.1, 0.15) is 25.7 Å². The highest BCUT2D eigenvalue weighted by atomic mass is 16.3. The fourth-order valence-corrected chi connectivity index (χ4v) is 3.07. The van der Waals surface area contributed by atoms with Crippen molar-refractivity contribution < 1.29 is 14.7 Å². The van der Waals surface area contributed by atoms with Crippen molar-refractivity contribution in [3.05, 3.63) is 25.3 Å². The molecule has 0 aromatic heterocycles. The van der Waals surface area contributed by atoms with Gasteiger partial charge < -0.3 is 14.9 Å². The van der Waals surface area contributed by atoms with Gasteiger partial charge >= 0.3 is 0 Å². The van der Waals surface area contributed by atoms with Crippen LogP contribution in [0.2, 0.25) is 0 Å². The molecule has 2 rings (SSSR count). The van der Waals surface area contributed by atoms with Crippen LogP contribution in [0.3, 0.4) is 0 Å². The van der Waals surface area contributed by atoms with Crippen molar-refractivity contribution in [2.75, 3.05) is 13.1 Å². The molecule has 0 saturated carbocycles. The van der Waals surface area contributed by atoms with Gasteiger partial charge in [-0.25, -0.2) is 0 Å². The molecule has 5 nitrogen and oxygen atoms in total. The second-order valence-corrected chi connectivity index (χ2v) is 5.42. The smallest absolute Gasteiger partial charge is 0.245 e. The zero-order valence-electron chi connectivity index (χ0n) is 11.7. The van der Waals surface area contributed by atoms with Crippen LogP contribution in [-0.2, 0) is 9.59 Å². The summed E-state index contributed by atoms with van der Waals surface area (Å²) in [5.74, 6) is -0.118. The van der Waals surface area contributed by atoms with E-state index in [0.29, 0.717) is 25.9 Å². The van der Waals surface area contributed by atoms with Gasteiger partial charge in [0.05, 0.1) is 12.1 Å². The molecule has 0 unspecified atom stereocenters. The Bertz CT molecular complexity index is 421. The number of carbonyl (C=O) groups excluding carboxylic acids is 2. The number of amides is 2. The maximum Gasteiger partial charge on any atom is 0.245 e. The Morgan fingerprint density at radius 2 is 2.05 bits per heavy atom. The lowest BCUT2D eigenvalue weighted by Crippen LogP contribution is -2.49. The lowest BCUT2D eigenvalue weighted by molar-refractivity contribution is -0.143. The van der Waals surface area contributed by atoms with E-state index in [0.717, 1.165) is 6.42 Å². The van der Waals surface area contributed by atoms with Gasteiger partial charge in [-0.1, -0.05) is 12.2 Å². The minimum Gasteiger partial charge on any atom is -0.391 e. The standard InChI is InChI=1S/C15H22N2O3/c1-3-6-14(19)16-8-5-7-13(16)15(20)17-10-12(18)9-11(17)4-2/h3-4,11-13,18H,1-2,5-10H2/t11-,12-,13+/m1/s1. The van der Waals surface area contributed by atoms with Crippen LogP contribution >= 0.6 is 0 Å².